The molecule has 2 unspecified atom stereocenters. The molecular weight excluding hydrogens is 324 g/mol. The van der Waals surface area contributed by atoms with Crippen LogP contribution in [-0.2, 0) is 11.3 Å². The lowest BCUT2D eigenvalue weighted by molar-refractivity contribution is 0.181. The van der Waals surface area contributed by atoms with Crippen molar-refractivity contribution >= 4 is 21.6 Å². The number of methoxy groups -OCH3 is 1. The van der Waals surface area contributed by atoms with Gasteiger partial charge in [-0.2, -0.15) is 5.10 Å². The molecule has 1 aromatic heterocycles. The Balaban J connectivity index is 2.12. The molecule has 7 heteroatoms. The van der Waals surface area contributed by atoms with Gasteiger partial charge in [-0.3, -0.25) is 4.79 Å². The van der Waals surface area contributed by atoms with E-state index >= 15 is 0 Å². The Morgan fingerprint density at radius 3 is 3.15 bits per heavy atom. The van der Waals surface area contributed by atoms with E-state index in [-0.39, 0.29) is 5.56 Å². The average Bonchev–Trinajstić information content (AvgIpc) is 2.45. The molecule has 0 aromatic carbocycles. The summed E-state index contributed by atoms with van der Waals surface area (Å²) in [6, 6.07) is 0.697. The lowest BCUT2D eigenvalue weighted by atomic mass is 10.00. The highest BCUT2D eigenvalue weighted by Gasteiger charge is 2.22. The van der Waals surface area contributed by atoms with Crippen LogP contribution < -0.4 is 16.2 Å². The molecule has 0 saturated carbocycles. The van der Waals surface area contributed by atoms with Crippen LogP contribution >= 0.6 is 15.9 Å². The van der Waals surface area contributed by atoms with E-state index in [9.17, 15) is 4.79 Å². The number of hydrogen-bond donors (Lipinski definition) is 2. The van der Waals surface area contributed by atoms with E-state index in [0.29, 0.717) is 29.7 Å². The van der Waals surface area contributed by atoms with Crippen molar-refractivity contribution in [3.63, 3.8) is 0 Å². The van der Waals surface area contributed by atoms with Gasteiger partial charge in [-0.25, -0.2) is 4.68 Å². The zero-order valence-electron chi connectivity index (χ0n) is 11.9. The van der Waals surface area contributed by atoms with Gasteiger partial charge in [-0.15, -0.1) is 0 Å². The van der Waals surface area contributed by atoms with Crippen molar-refractivity contribution < 1.29 is 4.74 Å². The zero-order valence-corrected chi connectivity index (χ0v) is 13.4. The number of nitrogens with one attached hydrogen (secondary N) is 2. The summed E-state index contributed by atoms with van der Waals surface area (Å²) >= 11 is 3.37. The van der Waals surface area contributed by atoms with Crippen LogP contribution in [0.4, 0.5) is 5.69 Å². The summed E-state index contributed by atoms with van der Waals surface area (Å²) in [4.78, 5) is 12.2. The highest BCUT2D eigenvalue weighted by atomic mass is 79.9. The minimum Gasteiger partial charge on any atom is -0.383 e. The van der Waals surface area contributed by atoms with Gasteiger partial charge < -0.3 is 15.4 Å². The molecule has 2 rings (SSSR count). The molecule has 2 atom stereocenters. The minimum absolute atomic E-state index is 0.136. The first-order valence-electron chi connectivity index (χ1n) is 6.88. The zero-order chi connectivity index (χ0) is 14.5. The second kappa shape index (κ2) is 7.19. The Kier molecular flexibility index (Phi) is 5.56. The van der Waals surface area contributed by atoms with Crippen LogP contribution in [0.1, 0.15) is 19.8 Å². The molecule has 2 N–H and O–H groups in total. The van der Waals surface area contributed by atoms with E-state index in [1.807, 2.05) is 0 Å². The summed E-state index contributed by atoms with van der Waals surface area (Å²) in [5, 5.41) is 11.0. The Morgan fingerprint density at radius 2 is 2.45 bits per heavy atom. The van der Waals surface area contributed by atoms with Crippen molar-refractivity contribution in [3.05, 3.63) is 21.0 Å². The molecule has 1 aliphatic heterocycles. The van der Waals surface area contributed by atoms with Gasteiger partial charge in [0.05, 0.1) is 25.0 Å². The van der Waals surface area contributed by atoms with Crippen LogP contribution in [0.25, 0.3) is 0 Å². The highest BCUT2D eigenvalue weighted by Crippen LogP contribution is 2.20. The topological polar surface area (TPSA) is 68.2 Å². The number of nitrogens with zero attached hydrogens (tertiary/aromatic N) is 2. The molecule has 6 nitrogen and oxygen atoms in total. The van der Waals surface area contributed by atoms with Gasteiger partial charge in [-0.1, -0.05) is 0 Å². The van der Waals surface area contributed by atoms with E-state index in [1.165, 1.54) is 4.68 Å². The molecule has 2 heterocycles. The number of ether oxygens (including phenoxy) is 1. The molecule has 1 fully saturated rings. The third-order valence-corrected chi connectivity index (χ3v) is 4.36. The van der Waals surface area contributed by atoms with E-state index in [0.717, 1.165) is 25.1 Å². The molecular formula is C13H21BrN4O2. The Morgan fingerprint density at radius 1 is 1.65 bits per heavy atom. The lowest BCUT2D eigenvalue weighted by Crippen LogP contribution is -2.46. The molecule has 20 heavy (non-hydrogen) atoms. The second-order valence-corrected chi connectivity index (χ2v) is 5.82. The molecule has 1 saturated heterocycles. The smallest absolute Gasteiger partial charge is 0.283 e. The standard InChI is InChI=1S/C13H21BrN4O2/c1-9-10(4-3-5-15-9)17-11-8-16-18(6-7-20-2)13(19)12(11)14/h8-10,15,17H,3-7H2,1-2H3. The first kappa shape index (κ1) is 15.5. The van der Waals surface area contributed by atoms with Crippen molar-refractivity contribution in [2.45, 2.75) is 38.4 Å². The number of piperidine rings is 1. The molecule has 0 amide bonds. The van der Waals surface area contributed by atoms with Gasteiger partial charge in [-0.05, 0) is 42.2 Å². The van der Waals surface area contributed by atoms with Crippen LogP contribution in [0.2, 0.25) is 0 Å². The van der Waals surface area contributed by atoms with Crippen LogP contribution in [0, 0.1) is 0 Å². The second-order valence-electron chi connectivity index (χ2n) is 5.03. The fourth-order valence-electron chi connectivity index (χ4n) is 2.34. The van der Waals surface area contributed by atoms with E-state index < -0.39 is 0 Å². The molecule has 0 bridgehead atoms. The van der Waals surface area contributed by atoms with Crippen molar-refractivity contribution in [2.24, 2.45) is 0 Å². The maximum absolute atomic E-state index is 12.2. The Labute approximate surface area is 127 Å². The number of hydrogen-bond acceptors (Lipinski definition) is 5. The highest BCUT2D eigenvalue weighted by molar-refractivity contribution is 9.10. The third-order valence-electron chi connectivity index (χ3n) is 3.59. The normalized spacial score (nSPS) is 22.8. The third kappa shape index (κ3) is 3.59. The van der Waals surface area contributed by atoms with Gasteiger partial charge in [0.1, 0.15) is 4.47 Å². The summed E-state index contributed by atoms with van der Waals surface area (Å²) in [6.45, 7) is 4.13. The summed E-state index contributed by atoms with van der Waals surface area (Å²) < 4.78 is 6.90. The summed E-state index contributed by atoms with van der Waals surface area (Å²) in [6.07, 6.45) is 3.92. The van der Waals surface area contributed by atoms with Gasteiger partial charge in [0.25, 0.3) is 5.56 Å². The maximum Gasteiger partial charge on any atom is 0.283 e. The largest absolute Gasteiger partial charge is 0.383 e. The van der Waals surface area contributed by atoms with Crippen LogP contribution in [0.5, 0.6) is 0 Å². The maximum atomic E-state index is 12.2. The summed E-state index contributed by atoms with van der Waals surface area (Å²) in [5.41, 5.74) is 0.618. The molecule has 0 radical (unpaired) electrons. The van der Waals surface area contributed by atoms with Crippen molar-refractivity contribution in [3.8, 4) is 0 Å². The number of halogens is 1. The number of anilines is 1. The van der Waals surface area contributed by atoms with E-state index in [1.54, 1.807) is 13.3 Å². The Bertz CT molecular complexity index is 506. The van der Waals surface area contributed by atoms with Gasteiger partial charge in [0.15, 0.2) is 0 Å². The first-order valence-corrected chi connectivity index (χ1v) is 7.67. The monoisotopic (exact) mass is 344 g/mol. The van der Waals surface area contributed by atoms with Crippen molar-refractivity contribution in [2.75, 3.05) is 25.6 Å². The predicted octanol–water partition coefficient (Wildman–Crippen LogP) is 1.20. The van der Waals surface area contributed by atoms with Gasteiger partial charge in [0, 0.05) is 19.2 Å². The fraction of sp³-hybridized carbons (Fsp3) is 0.692. The minimum atomic E-state index is -0.136. The predicted molar refractivity (Wildman–Crippen MR) is 82.2 cm³/mol. The van der Waals surface area contributed by atoms with Crippen LogP contribution in [0.3, 0.4) is 0 Å². The molecule has 0 spiro atoms. The van der Waals surface area contributed by atoms with E-state index in [4.69, 9.17) is 4.74 Å². The quantitative estimate of drug-likeness (QED) is 0.840. The number of rotatable bonds is 5. The lowest BCUT2D eigenvalue weighted by Gasteiger charge is -2.31. The molecule has 112 valence electrons. The van der Waals surface area contributed by atoms with Crippen LogP contribution in [0.15, 0.2) is 15.5 Å². The average molecular weight is 345 g/mol. The van der Waals surface area contributed by atoms with Gasteiger partial charge >= 0.3 is 0 Å². The van der Waals surface area contributed by atoms with Crippen LogP contribution in [-0.4, -0.2) is 42.1 Å². The summed E-state index contributed by atoms with van der Waals surface area (Å²) in [5.74, 6) is 0. The number of aromatic nitrogens is 2. The summed E-state index contributed by atoms with van der Waals surface area (Å²) in [7, 11) is 1.60. The molecule has 1 aliphatic rings. The first-order chi connectivity index (χ1) is 9.63. The SMILES string of the molecule is COCCn1ncc(NC2CCCNC2C)c(Br)c1=O. The Hall–Kier alpha value is -0.920. The van der Waals surface area contributed by atoms with Crippen molar-refractivity contribution in [1.82, 2.24) is 15.1 Å². The van der Waals surface area contributed by atoms with Crippen molar-refractivity contribution in [1.29, 1.82) is 0 Å². The molecule has 0 aliphatic carbocycles. The van der Waals surface area contributed by atoms with E-state index in [2.05, 4.69) is 38.6 Å². The molecule has 1 aromatic rings. The fourth-order valence-corrected chi connectivity index (χ4v) is 2.77. The van der Waals surface area contributed by atoms with Gasteiger partial charge in [0.2, 0.25) is 0 Å².